The predicted molar refractivity (Wildman–Crippen MR) is 100 cm³/mol. The summed E-state index contributed by atoms with van der Waals surface area (Å²) in [6, 6.07) is 13.1. The first-order chi connectivity index (χ1) is 12.8. The van der Waals surface area contributed by atoms with E-state index in [1.165, 1.54) is 13.8 Å². The molecule has 140 valence electrons. The van der Waals surface area contributed by atoms with Crippen LogP contribution in [0.15, 0.2) is 48.5 Å². The SMILES string of the molecule is CC(=O)Nc1ccc(CC(=O)OCC(=O)c2ccc(NC(C)=O)cc2)cc1. The summed E-state index contributed by atoms with van der Waals surface area (Å²) in [5.41, 5.74) is 2.31. The standard InChI is InChI=1S/C20H20N2O5/c1-13(23)21-17-7-3-15(4-8-17)11-20(26)27-12-19(25)16-5-9-18(10-6-16)22-14(2)24/h3-10H,11-12H2,1-2H3,(H,21,23)(H,22,24). The van der Waals surface area contributed by atoms with Crippen molar-refractivity contribution < 1.29 is 23.9 Å². The second-order valence-electron chi connectivity index (χ2n) is 5.90. The van der Waals surface area contributed by atoms with Gasteiger partial charge in [0.05, 0.1) is 6.42 Å². The van der Waals surface area contributed by atoms with E-state index in [-0.39, 0.29) is 30.6 Å². The Morgan fingerprint density at radius 1 is 0.778 bits per heavy atom. The number of ether oxygens (including phenoxy) is 1. The van der Waals surface area contributed by atoms with Gasteiger partial charge in [0.2, 0.25) is 11.8 Å². The average Bonchev–Trinajstić information content (AvgIpc) is 2.61. The maximum atomic E-state index is 12.1. The number of benzene rings is 2. The molecule has 0 aliphatic rings. The molecule has 0 spiro atoms. The first kappa shape index (κ1) is 19.8. The third kappa shape index (κ3) is 6.74. The Morgan fingerprint density at radius 3 is 1.74 bits per heavy atom. The molecular formula is C20H20N2O5. The first-order valence-electron chi connectivity index (χ1n) is 8.26. The number of nitrogens with one attached hydrogen (secondary N) is 2. The van der Waals surface area contributed by atoms with Crippen LogP contribution in [0.2, 0.25) is 0 Å². The average molecular weight is 368 g/mol. The van der Waals surface area contributed by atoms with Crippen LogP contribution in [0.3, 0.4) is 0 Å². The molecule has 2 aromatic carbocycles. The van der Waals surface area contributed by atoms with E-state index in [0.717, 1.165) is 0 Å². The van der Waals surface area contributed by atoms with E-state index in [1.54, 1.807) is 48.5 Å². The minimum atomic E-state index is -0.523. The maximum absolute atomic E-state index is 12.1. The van der Waals surface area contributed by atoms with Crippen LogP contribution in [0.1, 0.15) is 29.8 Å². The Labute approximate surface area is 156 Å². The van der Waals surface area contributed by atoms with E-state index in [1.807, 2.05) is 0 Å². The fourth-order valence-corrected chi connectivity index (χ4v) is 2.30. The van der Waals surface area contributed by atoms with Crippen molar-refractivity contribution in [3.05, 3.63) is 59.7 Å². The molecular weight excluding hydrogens is 348 g/mol. The molecule has 0 heterocycles. The van der Waals surface area contributed by atoms with Crippen molar-refractivity contribution in [2.75, 3.05) is 17.2 Å². The molecule has 0 fully saturated rings. The highest BCUT2D eigenvalue weighted by molar-refractivity contribution is 5.98. The van der Waals surface area contributed by atoms with Gasteiger partial charge < -0.3 is 15.4 Å². The van der Waals surface area contributed by atoms with Crippen molar-refractivity contribution in [3.63, 3.8) is 0 Å². The fourth-order valence-electron chi connectivity index (χ4n) is 2.30. The summed E-state index contributed by atoms with van der Waals surface area (Å²) in [5, 5.41) is 5.24. The number of carbonyl (C=O) groups is 4. The third-order valence-corrected chi connectivity index (χ3v) is 3.51. The number of hydrogen-bond donors (Lipinski definition) is 2. The largest absolute Gasteiger partial charge is 0.457 e. The van der Waals surface area contributed by atoms with Crippen LogP contribution in [0.5, 0.6) is 0 Å². The van der Waals surface area contributed by atoms with Crippen molar-refractivity contribution in [2.45, 2.75) is 20.3 Å². The van der Waals surface area contributed by atoms with Gasteiger partial charge in [0.25, 0.3) is 0 Å². The maximum Gasteiger partial charge on any atom is 0.310 e. The lowest BCUT2D eigenvalue weighted by molar-refractivity contribution is -0.141. The molecule has 0 saturated carbocycles. The lowest BCUT2D eigenvalue weighted by Crippen LogP contribution is -2.16. The number of Topliss-reactive ketones (excluding diaryl/α,β-unsaturated/α-hetero) is 1. The fraction of sp³-hybridized carbons (Fsp3) is 0.200. The molecule has 2 amide bonds. The number of anilines is 2. The molecule has 0 saturated heterocycles. The van der Waals surface area contributed by atoms with Gasteiger partial charge in [-0.2, -0.15) is 0 Å². The minimum absolute atomic E-state index is 0.0229. The van der Waals surface area contributed by atoms with Crippen LogP contribution in [0, 0.1) is 0 Å². The predicted octanol–water partition coefficient (Wildman–Crippen LogP) is 2.57. The Balaban J connectivity index is 1.83. The lowest BCUT2D eigenvalue weighted by Gasteiger charge is -2.07. The van der Waals surface area contributed by atoms with E-state index in [2.05, 4.69) is 10.6 Å². The Bertz CT molecular complexity index is 842. The highest BCUT2D eigenvalue weighted by atomic mass is 16.5. The van der Waals surface area contributed by atoms with Gasteiger partial charge in [0.15, 0.2) is 12.4 Å². The van der Waals surface area contributed by atoms with Crippen molar-refractivity contribution in [3.8, 4) is 0 Å². The first-order valence-corrected chi connectivity index (χ1v) is 8.26. The summed E-state index contributed by atoms with van der Waals surface area (Å²) < 4.78 is 5.02. The van der Waals surface area contributed by atoms with Crippen LogP contribution < -0.4 is 10.6 Å². The number of hydrogen-bond acceptors (Lipinski definition) is 5. The van der Waals surface area contributed by atoms with Crippen molar-refractivity contribution in [2.24, 2.45) is 0 Å². The number of carbonyl (C=O) groups excluding carboxylic acids is 4. The zero-order valence-corrected chi connectivity index (χ0v) is 15.1. The second kappa shape index (κ2) is 9.28. The lowest BCUT2D eigenvalue weighted by atomic mass is 10.1. The summed E-state index contributed by atoms with van der Waals surface area (Å²) in [7, 11) is 0. The summed E-state index contributed by atoms with van der Waals surface area (Å²) in [6.45, 7) is 2.45. The van der Waals surface area contributed by atoms with Crippen LogP contribution in [-0.2, 0) is 25.5 Å². The Kier molecular flexibility index (Phi) is 6.82. The van der Waals surface area contributed by atoms with Gasteiger partial charge in [0, 0.05) is 30.8 Å². The molecule has 0 aliphatic heterocycles. The molecule has 2 rings (SSSR count). The van der Waals surface area contributed by atoms with Gasteiger partial charge in [-0.05, 0) is 42.0 Å². The highest BCUT2D eigenvalue weighted by Crippen LogP contribution is 2.12. The monoisotopic (exact) mass is 368 g/mol. The van der Waals surface area contributed by atoms with Crippen LogP contribution in [-0.4, -0.2) is 30.2 Å². The van der Waals surface area contributed by atoms with Gasteiger partial charge in [-0.25, -0.2) is 0 Å². The quantitative estimate of drug-likeness (QED) is 0.578. The van der Waals surface area contributed by atoms with Crippen molar-refractivity contribution in [1.29, 1.82) is 0 Å². The van der Waals surface area contributed by atoms with E-state index in [4.69, 9.17) is 4.74 Å². The van der Waals surface area contributed by atoms with Crippen LogP contribution >= 0.6 is 0 Å². The summed E-state index contributed by atoms with van der Waals surface area (Å²) in [4.78, 5) is 45.9. The zero-order chi connectivity index (χ0) is 19.8. The Hall–Kier alpha value is -3.48. The molecule has 0 radical (unpaired) electrons. The van der Waals surface area contributed by atoms with E-state index < -0.39 is 5.97 Å². The molecule has 0 aromatic heterocycles. The number of amides is 2. The summed E-state index contributed by atoms with van der Waals surface area (Å²) >= 11 is 0. The van der Waals surface area contributed by atoms with E-state index >= 15 is 0 Å². The topological polar surface area (TPSA) is 102 Å². The van der Waals surface area contributed by atoms with Crippen LogP contribution in [0.25, 0.3) is 0 Å². The number of rotatable bonds is 7. The normalized spacial score (nSPS) is 10.0. The molecule has 27 heavy (non-hydrogen) atoms. The molecule has 0 aliphatic carbocycles. The van der Waals surface area contributed by atoms with Crippen molar-refractivity contribution in [1.82, 2.24) is 0 Å². The number of ketones is 1. The highest BCUT2D eigenvalue weighted by Gasteiger charge is 2.11. The molecule has 0 atom stereocenters. The summed E-state index contributed by atoms with van der Waals surface area (Å²) in [5.74, 6) is -1.23. The van der Waals surface area contributed by atoms with Gasteiger partial charge in [-0.3, -0.25) is 19.2 Å². The van der Waals surface area contributed by atoms with Gasteiger partial charge in [-0.15, -0.1) is 0 Å². The Morgan fingerprint density at radius 2 is 1.26 bits per heavy atom. The van der Waals surface area contributed by atoms with Crippen LogP contribution in [0.4, 0.5) is 11.4 Å². The van der Waals surface area contributed by atoms with E-state index in [9.17, 15) is 19.2 Å². The minimum Gasteiger partial charge on any atom is -0.457 e. The summed E-state index contributed by atoms with van der Waals surface area (Å²) in [6.07, 6.45) is 0.0229. The molecule has 2 aromatic rings. The van der Waals surface area contributed by atoms with Gasteiger partial charge >= 0.3 is 5.97 Å². The second-order valence-corrected chi connectivity index (χ2v) is 5.90. The smallest absolute Gasteiger partial charge is 0.310 e. The third-order valence-electron chi connectivity index (χ3n) is 3.51. The van der Waals surface area contributed by atoms with Gasteiger partial charge in [0.1, 0.15) is 0 Å². The molecule has 0 bridgehead atoms. The number of esters is 1. The van der Waals surface area contributed by atoms with Crippen molar-refractivity contribution >= 4 is 34.9 Å². The molecule has 2 N–H and O–H groups in total. The molecule has 7 heteroatoms. The van der Waals surface area contributed by atoms with Gasteiger partial charge in [-0.1, -0.05) is 12.1 Å². The zero-order valence-electron chi connectivity index (χ0n) is 15.1. The molecule has 7 nitrogen and oxygen atoms in total. The van der Waals surface area contributed by atoms with E-state index in [0.29, 0.717) is 22.5 Å². The molecule has 0 unspecified atom stereocenters.